The number of aromatic nitrogens is 4. The maximum atomic E-state index is 5.83. The van der Waals surface area contributed by atoms with Crippen molar-refractivity contribution in [3.8, 4) is 11.5 Å². The van der Waals surface area contributed by atoms with Gasteiger partial charge in [0, 0.05) is 33.4 Å². The smallest absolute Gasteiger partial charge is 0.188 e. The Hall–Kier alpha value is -3.05. The van der Waals surface area contributed by atoms with Crippen molar-refractivity contribution in [3.63, 3.8) is 0 Å². The summed E-state index contributed by atoms with van der Waals surface area (Å²) in [6, 6.07) is 12.0. The largest absolute Gasteiger partial charge is 0.464 e. The van der Waals surface area contributed by atoms with Gasteiger partial charge < -0.3 is 23.8 Å². The number of thiazole rings is 1. The van der Waals surface area contributed by atoms with E-state index in [9.17, 15) is 0 Å². The molecule has 4 rings (SSSR count). The number of hydrogen-bond acceptors (Lipinski definition) is 9. The molecule has 0 saturated carbocycles. The number of methoxy groups -OCH3 is 2. The number of hydrogen-bond donors (Lipinski definition) is 0. The number of nitrogens with zero attached hydrogens (tertiary/aromatic N) is 5. The lowest BCUT2D eigenvalue weighted by molar-refractivity contribution is 0.0322. The zero-order valence-electron chi connectivity index (χ0n) is 21.4. The van der Waals surface area contributed by atoms with Crippen LogP contribution in [0.3, 0.4) is 0 Å². The molecule has 0 amide bonds. The molecule has 192 valence electrons. The van der Waals surface area contributed by atoms with E-state index in [1.165, 1.54) is 5.56 Å². The minimum atomic E-state index is -0.283. The molecular weight excluding hydrogens is 478 g/mol. The standard InChI is InChI=1S/C26H33N5O4S/c1-6-18-7-9-21-24(13-18)36-26(27-21)25(31-15-20(28-29-31)11-12-30(2)3)19-8-10-22(34-16-32-4)23(14-19)35-17-33-5/h7-10,13-15,25H,6,11-12,16-17H2,1-5H3. The summed E-state index contributed by atoms with van der Waals surface area (Å²) < 4.78 is 24.8. The summed E-state index contributed by atoms with van der Waals surface area (Å²) in [6.07, 6.45) is 3.79. The predicted octanol–water partition coefficient (Wildman–Crippen LogP) is 4.16. The molecular formula is C26H33N5O4S. The van der Waals surface area contributed by atoms with E-state index in [0.29, 0.717) is 11.5 Å². The number of benzene rings is 2. The second-order valence-electron chi connectivity index (χ2n) is 8.66. The fourth-order valence-electron chi connectivity index (χ4n) is 3.80. The molecule has 1 unspecified atom stereocenters. The third kappa shape index (κ3) is 6.19. The number of ether oxygens (including phenoxy) is 4. The molecule has 0 radical (unpaired) electrons. The fourth-order valence-corrected chi connectivity index (χ4v) is 4.95. The summed E-state index contributed by atoms with van der Waals surface area (Å²) in [5.41, 5.74) is 4.14. The van der Waals surface area contributed by atoms with Crippen LogP contribution < -0.4 is 9.47 Å². The third-order valence-electron chi connectivity index (χ3n) is 5.70. The first kappa shape index (κ1) is 26.0. The van der Waals surface area contributed by atoms with Crippen molar-refractivity contribution in [3.05, 3.63) is 64.4 Å². The van der Waals surface area contributed by atoms with Crippen molar-refractivity contribution in [1.29, 1.82) is 0 Å². The van der Waals surface area contributed by atoms with Crippen LogP contribution in [0.1, 0.15) is 34.8 Å². The number of rotatable bonds is 13. The van der Waals surface area contributed by atoms with Crippen molar-refractivity contribution in [2.45, 2.75) is 25.8 Å². The third-order valence-corrected chi connectivity index (χ3v) is 6.77. The van der Waals surface area contributed by atoms with Crippen LogP contribution in [-0.2, 0) is 22.3 Å². The minimum Gasteiger partial charge on any atom is -0.464 e. The molecule has 4 aromatic rings. The molecule has 0 N–H and O–H groups in total. The molecule has 0 fully saturated rings. The molecule has 2 aromatic carbocycles. The molecule has 1 atom stereocenters. The zero-order chi connectivity index (χ0) is 25.5. The van der Waals surface area contributed by atoms with Crippen LogP contribution in [0.5, 0.6) is 11.5 Å². The van der Waals surface area contributed by atoms with Crippen LogP contribution >= 0.6 is 11.3 Å². The summed E-state index contributed by atoms with van der Waals surface area (Å²) in [7, 11) is 7.26. The van der Waals surface area contributed by atoms with Gasteiger partial charge in [0.05, 0.1) is 15.9 Å². The average molecular weight is 512 g/mol. The van der Waals surface area contributed by atoms with E-state index in [0.717, 1.165) is 45.9 Å². The Morgan fingerprint density at radius 2 is 1.78 bits per heavy atom. The Labute approximate surface area is 215 Å². The van der Waals surface area contributed by atoms with Crippen LogP contribution in [-0.4, -0.2) is 73.3 Å². The molecule has 10 heteroatoms. The molecule has 0 saturated heterocycles. The quantitative estimate of drug-likeness (QED) is 0.248. The highest BCUT2D eigenvalue weighted by Gasteiger charge is 2.24. The monoisotopic (exact) mass is 511 g/mol. The van der Waals surface area contributed by atoms with Gasteiger partial charge in [-0.15, -0.1) is 16.4 Å². The van der Waals surface area contributed by atoms with Crippen LogP contribution in [0.2, 0.25) is 0 Å². The van der Waals surface area contributed by atoms with Crippen molar-refractivity contribution >= 4 is 21.6 Å². The molecule has 0 aliphatic carbocycles. The van der Waals surface area contributed by atoms with E-state index in [2.05, 4.69) is 40.3 Å². The van der Waals surface area contributed by atoms with Gasteiger partial charge >= 0.3 is 0 Å². The molecule has 36 heavy (non-hydrogen) atoms. The van der Waals surface area contributed by atoms with E-state index >= 15 is 0 Å². The molecule has 0 aliphatic rings. The molecule has 0 aliphatic heterocycles. The van der Waals surface area contributed by atoms with Gasteiger partial charge in [-0.2, -0.15) is 0 Å². The normalized spacial score (nSPS) is 12.4. The Bertz CT molecular complexity index is 1270. The van der Waals surface area contributed by atoms with Gasteiger partial charge in [0.25, 0.3) is 0 Å². The number of likely N-dealkylation sites (N-methyl/N-ethyl adjacent to an activating group) is 1. The summed E-state index contributed by atoms with van der Waals surface area (Å²) >= 11 is 1.67. The first-order valence-corrected chi connectivity index (χ1v) is 12.7. The maximum Gasteiger partial charge on any atom is 0.188 e. The van der Waals surface area contributed by atoms with E-state index < -0.39 is 0 Å². The van der Waals surface area contributed by atoms with E-state index in [4.69, 9.17) is 23.9 Å². The van der Waals surface area contributed by atoms with E-state index in [-0.39, 0.29) is 19.6 Å². The summed E-state index contributed by atoms with van der Waals surface area (Å²) in [5, 5.41) is 9.88. The van der Waals surface area contributed by atoms with Gasteiger partial charge in [0.2, 0.25) is 0 Å². The highest BCUT2D eigenvalue weighted by molar-refractivity contribution is 7.18. The van der Waals surface area contributed by atoms with Gasteiger partial charge in [-0.3, -0.25) is 0 Å². The lowest BCUT2D eigenvalue weighted by Gasteiger charge is -2.18. The summed E-state index contributed by atoms with van der Waals surface area (Å²) in [4.78, 5) is 7.13. The van der Waals surface area contributed by atoms with Gasteiger partial charge in [-0.25, -0.2) is 9.67 Å². The minimum absolute atomic E-state index is 0.0937. The lowest BCUT2D eigenvalue weighted by Crippen LogP contribution is -2.15. The average Bonchev–Trinajstić information content (AvgIpc) is 3.52. The van der Waals surface area contributed by atoms with Gasteiger partial charge in [-0.1, -0.05) is 24.3 Å². The van der Waals surface area contributed by atoms with Crippen LogP contribution in [0.4, 0.5) is 0 Å². The van der Waals surface area contributed by atoms with Crippen molar-refractivity contribution in [2.24, 2.45) is 0 Å². The molecule has 0 bridgehead atoms. The zero-order valence-corrected chi connectivity index (χ0v) is 22.2. The van der Waals surface area contributed by atoms with Crippen molar-refractivity contribution < 1.29 is 18.9 Å². The SMILES string of the molecule is CCc1ccc2nc(C(c3ccc(OCOC)c(OCOC)c3)n3cc(CCN(C)C)nn3)sc2c1. The first-order chi connectivity index (χ1) is 17.5. The van der Waals surface area contributed by atoms with Gasteiger partial charge in [-0.05, 0) is 55.9 Å². The molecule has 2 aromatic heterocycles. The van der Waals surface area contributed by atoms with Gasteiger partial charge in [0.15, 0.2) is 25.1 Å². The predicted molar refractivity (Wildman–Crippen MR) is 140 cm³/mol. The highest BCUT2D eigenvalue weighted by Crippen LogP contribution is 2.37. The van der Waals surface area contributed by atoms with Crippen LogP contribution in [0.15, 0.2) is 42.6 Å². The summed E-state index contributed by atoms with van der Waals surface area (Å²) in [5.74, 6) is 1.12. The number of aryl methyl sites for hydroxylation is 1. The van der Waals surface area contributed by atoms with Gasteiger partial charge in [0.1, 0.15) is 11.0 Å². The Morgan fingerprint density at radius 3 is 2.50 bits per heavy atom. The second-order valence-corrected chi connectivity index (χ2v) is 9.72. The summed E-state index contributed by atoms with van der Waals surface area (Å²) in [6.45, 7) is 3.26. The van der Waals surface area contributed by atoms with Crippen molar-refractivity contribution in [1.82, 2.24) is 24.9 Å². The maximum absolute atomic E-state index is 5.83. The Balaban J connectivity index is 1.78. The first-order valence-electron chi connectivity index (χ1n) is 11.8. The van der Waals surface area contributed by atoms with E-state index in [1.807, 2.05) is 43.2 Å². The fraction of sp³-hybridized carbons (Fsp3) is 0.423. The topological polar surface area (TPSA) is 83.8 Å². The second kappa shape index (κ2) is 12.3. The van der Waals surface area contributed by atoms with E-state index in [1.54, 1.807) is 25.6 Å². The lowest BCUT2D eigenvalue weighted by atomic mass is 10.1. The van der Waals surface area contributed by atoms with Crippen LogP contribution in [0, 0.1) is 0 Å². The molecule has 9 nitrogen and oxygen atoms in total. The Morgan fingerprint density at radius 1 is 1.00 bits per heavy atom. The highest BCUT2D eigenvalue weighted by atomic mass is 32.1. The number of fused-ring (bicyclic) bond motifs is 1. The molecule has 0 spiro atoms. The van der Waals surface area contributed by atoms with Crippen molar-refractivity contribution in [2.75, 3.05) is 48.4 Å². The molecule has 2 heterocycles. The Kier molecular flexibility index (Phi) is 8.87. The van der Waals surface area contributed by atoms with Crippen LogP contribution in [0.25, 0.3) is 10.2 Å².